The highest BCUT2D eigenvalue weighted by atomic mass is 32.1. The van der Waals surface area contributed by atoms with Gasteiger partial charge in [-0.3, -0.25) is 9.69 Å². The van der Waals surface area contributed by atoms with Crippen molar-refractivity contribution in [2.24, 2.45) is 5.92 Å². The number of anilines is 1. The van der Waals surface area contributed by atoms with Crippen molar-refractivity contribution in [2.75, 3.05) is 37.6 Å². The Morgan fingerprint density at radius 1 is 1.32 bits per heavy atom. The fourth-order valence-electron chi connectivity index (χ4n) is 3.07. The molecule has 0 spiro atoms. The van der Waals surface area contributed by atoms with E-state index in [1.165, 1.54) is 0 Å². The minimum atomic E-state index is 0.358. The molecule has 0 radical (unpaired) electrons. The minimum Gasteiger partial charge on any atom is -0.346 e. The van der Waals surface area contributed by atoms with Crippen LogP contribution in [0, 0.1) is 5.92 Å². The minimum absolute atomic E-state index is 0.358. The summed E-state index contributed by atoms with van der Waals surface area (Å²) in [5, 5.41) is 3.18. The Morgan fingerprint density at radius 2 is 2.16 bits per heavy atom. The number of hydrogen-bond donors (Lipinski definition) is 0. The number of aromatic nitrogens is 1. The number of carbonyl (C=O) groups is 1. The van der Waals surface area contributed by atoms with Crippen molar-refractivity contribution >= 4 is 22.3 Å². The molecule has 1 unspecified atom stereocenters. The van der Waals surface area contributed by atoms with Gasteiger partial charge in [-0.15, -0.1) is 11.3 Å². The van der Waals surface area contributed by atoms with E-state index in [9.17, 15) is 4.79 Å². The van der Waals surface area contributed by atoms with Crippen molar-refractivity contribution in [2.45, 2.75) is 25.7 Å². The van der Waals surface area contributed by atoms with Crippen LogP contribution in [-0.4, -0.2) is 48.4 Å². The fraction of sp³-hybridized carbons (Fsp3) is 0.714. The number of Topliss-reactive ketones (excluding diaryl/α,β-unsaturated/α-hetero) is 1. The van der Waals surface area contributed by atoms with E-state index in [-0.39, 0.29) is 0 Å². The summed E-state index contributed by atoms with van der Waals surface area (Å²) in [6.07, 6.45) is 6.00. The molecule has 1 aliphatic carbocycles. The molecule has 1 aromatic rings. The van der Waals surface area contributed by atoms with Crippen LogP contribution in [0.2, 0.25) is 0 Å². The molecular weight excluding hydrogens is 258 g/mol. The van der Waals surface area contributed by atoms with Gasteiger partial charge in [0.2, 0.25) is 0 Å². The van der Waals surface area contributed by atoms with Gasteiger partial charge in [-0.25, -0.2) is 4.98 Å². The largest absolute Gasteiger partial charge is 0.346 e. The predicted molar refractivity (Wildman–Crippen MR) is 77.7 cm³/mol. The van der Waals surface area contributed by atoms with E-state index in [4.69, 9.17) is 0 Å². The lowest BCUT2D eigenvalue weighted by Crippen LogP contribution is -2.46. The Morgan fingerprint density at radius 3 is 2.79 bits per heavy atom. The number of thiazole rings is 1. The molecule has 0 aromatic carbocycles. The lowest BCUT2D eigenvalue weighted by molar-refractivity contribution is -0.120. The summed E-state index contributed by atoms with van der Waals surface area (Å²) < 4.78 is 0. The molecule has 2 heterocycles. The summed E-state index contributed by atoms with van der Waals surface area (Å²) in [5.41, 5.74) is 0. The van der Waals surface area contributed by atoms with E-state index in [0.29, 0.717) is 11.7 Å². The second-order valence-electron chi connectivity index (χ2n) is 5.49. The molecule has 1 saturated carbocycles. The van der Waals surface area contributed by atoms with E-state index in [0.717, 1.165) is 63.5 Å². The molecule has 1 saturated heterocycles. The highest BCUT2D eigenvalue weighted by Crippen LogP contribution is 2.25. The quantitative estimate of drug-likeness (QED) is 0.845. The first-order valence-electron chi connectivity index (χ1n) is 7.22. The molecular formula is C14H21N3OS. The zero-order valence-electron chi connectivity index (χ0n) is 11.3. The summed E-state index contributed by atoms with van der Waals surface area (Å²) in [6.45, 7) is 5.40. The predicted octanol–water partition coefficient (Wildman–Crippen LogP) is 2.02. The molecule has 0 N–H and O–H groups in total. The zero-order valence-corrected chi connectivity index (χ0v) is 12.1. The van der Waals surface area contributed by atoms with Gasteiger partial charge in [-0.1, -0.05) is 0 Å². The van der Waals surface area contributed by atoms with Gasteiger partial charge in [0.1, 0.15) is 5.78 Å². The third-order valence-electron chi connectivity index (χ3n) is 4.29. The van der Waals surface area contributed by atoms with Crippen LogP contribution in [0.1, 0.15) is 25.7 Å². The molecule has 2 aliphatic rings. The molecule has 1 aliphatic heterocycles. The van der Waals surface area contributed by atoms with Crippen LogP contribution in [0.4, 0.5) is 5.13 Å². The average Bonchev–Trinajstić information content (AvgIpc) is 3.09. The Bertz CT molecular complexity index is 412. The number of nitrogens with zero attached hydrogens (tertiary/aromatic N) is 3. The number of ketones is 1. The van der Waals surface area contributed by atoms with Crippen molar-refractivity contribution < 1.29 is 4.79 Å². The summed E-state index contributed by atoms with van der Waals surface area (Å²) >= 11 is 1.72. The summed E-state index contributed by atoms with van der Waals surface area (Å²) in [6, 6.07) is 0. The van der Waals surface area contributed by atoms with Gasteiger partial charge in [0.05, 0.1) is 0 Å². The second kappa shape index (κ2) is 6.01. The molecule has 1 atom stereocenters. The molecule has 3 rings (SSSR count). The van der Waals surface area contributed by atoms with Crippen LogP contribution in [-0.2, 0) is 4.79 Å². The van der Waals surface area contributed by atoms with Crippen LogP contribution >= 0.6 is 11.3 Å². The molecule has 0 bridgehead atoms. The standard InChI is InChI=1S/C14H21N3OS/c18-13-3-1-2-12(13)4-6-16-7-9-17(10-8-16)14-15-5-11-19-14/h5,11-12H,1-4,6-10H2. The normalized spacial score (nSPS) is 25.2. The first-order valence-corrected chi connectivity index (χ1v) is 8.10. The summed E-state index contributed by atoms with van der Waals surface area (Å²) in [7, 11) is 0. The van der Waals surface area contributed by atoms with Gasteiger partial charge in [-0.05, 0) is 25.8 Å². The number of hydrogen-bond acceptors (Lipinski definition) is 5. The van der Waals surface area contributed by atoms with E-state index in [1.807, 2.05) is 11.6 Å². The maximum Gasteiger partial charge on any atom is 0.185 e. The van der Waals surface area contributed by atoms with Gasteiger partial charge in [0.15, 0.2) is 5.13 Å². The molecule has 104 valence electrons. The van der Waals surface area contributed by atoms with Gasteiger partial charge < -0.3 is 4.90 Å². The van der Waals surface area contributed by atoms with Gasteiger partial charge in [0, 0.05) is 50.1 Å². The highest BCUT2D eigenvalue weighted by Gasteiger charge is 2.25. The Balaban J connectivity index is 1.42. The van der Waals surface area contributed by atoms with Gasteiger partial charge in [-0.2, -0.15) is 0 Å². The van der Waals surface area contributed by atoms with Crippen molar-refractivity contribution in [3.63, 3.8) is 0 Å². The fourth-order valence-corrected chi connectivity index (χ4v) is 3.76. The molecule has 19 heavy (non-hydrogen) atoms. The first kappa shape index (κ1) is 13.1. The molecule has 0 amide bonds. The molecule has 5 heteroatoms. The number of rotatable bonds is 4. The third-order valence-corrected chi connectivity index (χ3v) is 5.12. The summed E-state index contributed by atoms with van der Waals surface area (Å²) in [5.74, 6) is 0.860. The van der Waals surface area contributed by atoms with Gasteiger partial charge >= 0.3 is 0 Å². The molecule has 4 nitrogen and oxygen atoms in total. The van der Waals surface area contributed by atoms with Crippen molar-refractivity contribution in [1.82, 2.24) is 9.88 Å². The zero-order chi connectivity index (χ0) is 13.1. The van der Waals surface area contributed by atoms with Crippen molar-refractivity contribution in [3.05, 3.63) is 11.6 Å². The SMILES string of the molecule is O=C1CCCC1CCN1CCN(c2nccs2)CC1. The smallest absolute Gasteiger partial charge is 0.185 e. The topological polar surface area (TPSA) is 36.4 Å². The van der Waals surface area contributed by atoms with E-state index in [1.54, 1.807) is 11.3 Å². The van der Waals surface area contributed by atoms with E-state index >= 15 is 0 Å². The lowest BCUT2D eigenvalue weighted by atomic mass is 10.0. The number of piperazine rings is 1. The molecule has 1 aromatic heterocycles. The van der Waals surface area contributed by atoms with Crippen LogP contribution in [0.15, 0.2) is 11.6 Å². The number of carbonyl (C=O) groups excluding carboxylic acids is 1. The Hall–Kier alpha value is -0.940. The second-order valence-corrected chi connectivity index (χ2v) is 6.36. The Kier molecular flexibility index (Phi) is 4.13. The van der Waals surface area contributed by atoms with Crippen molar-refractivity contribution in [1.29, 1.82) is 0 Å². The first-order chi connectivity index (χ1) is 9.33. The maximum atomic E-state index is 11.6. The highest BCUT2D eigenvalue weighted by molar-refractivity contribution is 7.13. The van der Waals surface area contributed by atoms with E-state index in [2.05, 4.69) is 14.8 Å². The van der Waals surface area contributed by atoms with Crippen LogP contribution < -0.4 is 4.90 Å². The van der Waals surface area contributed by atoms with Crippen LogP contribution in [0.5, 0.6) is 0 Å². The summed E-state index contributed by atoms with van der Waals surface area (Å²) in [4.78, 5) is 20.8. The van der Waals surface area contributed by atoms with E-state index < -0.39 is 0 Å². The Labute approximate surface area is 118 Å². The van der Waals surface area contributed by atoms with Gasteiger partial charge in [0.25, 0.3) is 0 Å². The third kappa shape index (κ3) is 3.15. The van der Waals surface area contributed by atoms with Crippen LogP contribution in [0.25, 0.3) is 0 Å². The molecule has 2 fully saturated rings. The van der Waals surface area contributed by atoms with Crippen molar-refractivity contribution in [3.8, 4) is 0 Å². The maximum absolute atomic E-state index is 11.6. The monoisotopic (exact) mass is 279 g/mol. The van der Waals surface area contributed by atoms with Crippen LogP contribution in [0.3, 0.4) is 0 Å². The lowest BCUT2D eigenvalue weighted by Gasteiger charge is -2.34. The average molecular weight is 279 g/mol.